The molecule has 0 spiro atoms. The second kappa shape index (κ2) is 4.91. The molecule has 0 amide bonds. The van der Waals surface area contributed by atoms with Crippen molar-refractivity contribution in [2.75, 3.05) is 0 Å². The van der Waals surface area contributed by atoms with Gasteiger partial charge in [0.2, 0.25) is 0 Å². The van der Waals surface area contributed by atoms with Gasteiger partial charge in [-0.3, -0.25) is 4.98 Å². The van der Waals surface area contributed by atoms with Gasteiger partial charge in [-0.05, 0) is 30.4 Å². The predicted octanol–water partition coefficient (Wildman–Crippen LogP) is 2.54. The van der Waals surface area contributed by atoms with Crippen molar-refractivity contribution in [2.24, 2.45) is 5.92 Å². The molecular formula is C12H17NO2. The van der Waals surface area contributed by atoms with E-state index in [0.717, 1.165) is 24.1 Å². The summed E-state index contributed by atoms with van der Waals surface area (Å²) in [6.07, 6.45) is 3.18. The fourth-order valence-electron chi connectivity index (χ4n) is 1.53. The highest BCUT2D eigenvalue weighted by atomic mass is 16.4. The molecule has 3 heteroatoms. The molecule has 0 saturated heterocycles. The second-order valence-electron chi connectivity index (χ2n) is 4.09. The number of hydrogen-bond donors (Lipinski definition) is 1. The van der Waals surface area contributed by atoms with Crippen molar-refractivity contribution in [3.8, 4) is 0 Å². The predicted molar refractivity (Wildman–Crippen MR) is 59.1 cm³/mol. The summed E-state index contributed by atoms with van der Waals surface area (Å²) in [6, 6.07) is 1.73. The van der Waals surface area contributed by atoms with Crippen LogP contribution in [0.1, 0.15) is 42.4 Å². The molecule has 82 valence electrons. The van der Waals surface area contributed by atoms with Crippen LogP contribution in [0.15, 0.2) is 12.3 Å². The van der Waals surface area contributed by atoms with Crippen molar-refractivity contribution in [2.45, 2.75) is 33.6 Å². The molecule has 0 aliphatic carbocycles. The standard InChI is InChI=1S/C12H17NO2/c1-4-9-6-10(12(14)15)7-13-11(9)5-8(2)3/h6-8H,4-5H2,1-3H3,(H,14,15). The Hall–Kier alpha value is -1.38. The van der Waals surface area contributed by atoms with Crippen LogP contribution in [-0.4, -0.2) is 16.1 Å². The quantitative estimate of drug-likeness (QED) is 0.825. The average molecular weight is 207 g/mol. The molecule has 0 aliphatic heterocycles. The fourth-order valence-corrected chi connectivity index (χ4v) is 1.53. The summed E-state index contributed by atoms with van der Waals surface area (Å²) >= 11 is 0. The van der Waals surface area contributed by atoms with Gasteiger partial charge in [-0.1, -0.05) is 20.8 Å². The Bertz CT molecular complexity index is 359. The minimum atomic E-state index is -0.909. The summed E-state index contributed by atoms with van der Waals surface area (Å²) in [5, 5.41) is 8.84. The lowest BCUT2D eigenvalue weighted by molar-refractivity contribution is 0.0696. The Morgan fingerprint density at radius 2 is 2.20 bits per heavy atom. The largest absolute Gasteiger partial charge is 0.478 e. The second-order valence-corrected chi connectivity index (χ2v) is 4.09. The van der Waals surface area contributed by atoms with Crippen molar-refractivity contribution in [1.29, 1.82) is 0 Å². The average Bonchev–Trinajstić information content (AvgIpc) is 2.17. The highest BCUT2D eigenvalue weighted by Crippen LogP contribution is 2.14. The van der Waals surface area contributed by atoms with Crippen LogP contribution in [0.25, 0.3) is 0 Å². The zero-order valence-corrected chi connectivity index (χ0v) is 9.45. The van der Waals surface area contributed by atoms with E-state index in [2.05, 4.69) is 18.8 Å². The monoisotopic (exact) mass is 207 g/mol. The molecule has 0 fully saturated rings. The smallest absolute Gasteiger partial charge is 0.337 e. The number of carbonyl (C=O) groups is 1. The van der Waals surface area contributed by atoms with Gasteiger partial charge in [0.05, 0.1) is 5.56 Å². The van der Waals surface area contributed by atoms with E-state index in [1.165, 1.54) is 6.20 Å². The van der Waals surface area contributed by atoms with E-state index in [0.29, 0.717) is 5.92 Å². The van der Waals surface area contributed by atoms with Crippen LogP contribution in [0.3, 0.4) is 0 Å². The third-order valence-electron chi connectivity index (χ3n) is 2.29. The van der Waals surface area contributed by atoms with Gasteiger partial charge in [-0.2, -0.15) is 0 Å². The van der Waals surface area contributed by atoms with Gasteiger partial charge in [0, 0.05) is 11.9 Å². The summed E-state index contributed by atoms with van der Waals surface area (Å²) in [5.41, 5.74) is 2.35. The fraction of sp³-hybridized carbons (Fsp3) is 0.500. The van der Waals surface area contributed by atoms with Crippen LogP contribution in [0, 0.1) is 5.92 Å². The third-order valence-corrected chi connectivity index (χ3v) is 2.29. The molecular weight excluding hydrogens is 190 g/mol. The van der Waals surface area contributed by atoms with Crippen molar-refractivity contribution in [3.63, 3.8) is 0 Å². The normalized spacial score (nSPS) is 10.7. The highest BCUT2D eigenvalue weighted by Gasteiger charge is 2.09. The Morgan fingerprint density at radius 1 is 1.53 bits per heavy atom. The van der Waals surface area contributed by atoms with Gasteiger partial charge in [0.15, 0.2) is 0 Å². The number of pyridine rings is 1. The Morgan fingerprint density at radius 3 is 2.67 bits per heavy atom. The first kappa shape index (κ1) is 11.7. The minimum absolute atomic E-state index is 0.277. The summed E-state index contributed by atoms with van der Waals surface area (Å²) in [4.78, 5) is 15.0. The molecule has 1 aromatic heterocycles. The summed E-state index contributed by atoms with van der Waals surface area (Å²) in [5.74, 6) is -0.369. The van der Waals surface area contributed by atoms with Gasteiger partial charge in [0.1, 0.15) is 0 Å². The number of rotatable bonds is 4. The maximum absolute atomic E-state index is 10.8. The first-order valence-corrected chi connectivity index (χ1v) is 5.25. The molecule has 0 saturated carbocycles. The van der Waals surface area contributed by atoms with Crippen molar-refractivity contribution in [3.05, 3.63) is 29.1 Å². The third kappa shape index (κ3) is 3.05. The van der Waals surface area contributed by atoms with Crippen molar-refractivity contribution < 1.29 is 9.90 Å². The lowest BCUT2D eigenvalue weighted by Gasteiger charge is -2.09. The van der Waals surface area contributed by atoms with E-state index in [9.17, 15) is 4.79 Å². The number of carboxylic acid groups (broad SMARTS) is 1. The number of aromatic nitrogens is 1. The molecule has 0 bridgehead atoms. The Kier molecular flexibility index (Phi) is 3.83. The summed E-state index contributed by atoms with van der Waals surface area (Å²) < 4.78 is 0. The summed E-state index contributed by atoms with van der Waals surface area (Å²) in [7, 11) is 0. The first-order valence-electron chi connectivity index (χ1n) is 5.25. The number of aryl methyl sites for hydroxylation is 1. The zero-order chi connectivity index (χ0) is 11.4. The lowest BCUT2D eigenvalue weighted by atomic mass is 10.0. The number of nitrogens with zero attached hydrogens (tertiary/aromatic N) is 1. The lowest BCUT2D eigenvalue weighted by Crippen LogP contribution is -2.06. The molecule has 0 aromatic carbocycles. The SMILES string of the molecule is CCc1cc(C(=O)O)cnc1CC(C)C. The molecule has 0 radical (unpaired) electrons. The zero-order valence-electron chi connectivity index (χ0n) is 9.45. The van der Waals surface area contributed by atoms with Gasteiger partial charge in [-0.25, -0.2) is 4.79 Å². The van der Waals surface area contributed by atoms with Gasteiger partial charge < -0.3 is 5.11 Å². The molecule has 15 heavy (non-hydrogen) atoms. The minimum Gasteiger partial charge on any atom is -0.478 e. The molecule has 1 heterocycles. The van der Waals surface area contributed by atoms with Crippen LogP contribution in [-0.2, 0) is 12.8 Å². The van der Waals surface area contributed by atoms with Crippen LogP contribution < -0.4 is 0 Å². The first-order chi connectivity index (χ1) is 7.04. The molecule has 1 N–H and O–H groups in total. The summed E-state index contributed by atoms with van der Waals surface area (Å²) in [6.45, 7) is 6.28. The van der Waals surface area contributed by atoms with E-state index in [-0.39, 0.29) is 5.56 Å². The molecule has 3 nitrogen and oxygen atoms in total. The van der Waals surface area contributed by atoms with Crippen LogP contribution in [0.5, 0.6) is 0 Å². The topological polar surface area (TPSA) is 50.2 Å². The molecule has 0 atom stereocenters. The van der Waals surface area contributed by atoms with E-state index < -0.39 is 5.97 Å². The number of carboxylic acids is 1. The Balaban J connectivity index is 3.03. The molecule has 0 aliphatic rings. The maximum atomic E-state index is 10.8. The molecule has 0 unspecified atom stereocenters. The van der Waals surface area contributed by atoms with Gasteiger partial charge in [-0.15, -0.1) is 0 Å². The van der Waals surface area contributed by atoms with Crippen molar-refractivity contribution in [1.82, 2.24) is 4.98 Å². The highest BCUT2D eigenvalue weighted by molar-refractivity contribution is 5.87. The Labute approximate surface area is 90.2 Å². The van der Waals surface area contributed by atoms with Crippen LogP contribution in [0.4, 0.5) is 0 Å². The van der Waals surface area contributed by atoms with Crippen molar-refractivity contribution >= 4 is 5.97 Å². The van der Waals surface area contributed by atoms with Crippen LogP contribution >= 0.6 is 0 Å². The van der Waals surface area contributed by atoms with E-state index >= 15 is 0 Å². The van der Waals surface area contributed by atoms with Crippen LogP contribution in [0.2, 0.25) is 0 Å². The van der Waals surface area contributed by atoms with E-state index in [4.69, 9.17) is 5.11 Å². The van der Waals surface area contributed by atoms with E-state index in [1.807, 2.05) is 6.92 Å². The number of hydrogen-bond acceptors (Lipinski definition) is 2. The number of aromatic carboxylic acids is 1. The van der Waals surface area contributed by atoms with E-state index in [1.54, 1.807) is 6.07 Å². The molecule has 1 rings (SSSR count). The molecule has 1 aromatic rings. The van der Waals surface area contributed by atoms with Gasteiger partial charge >= 0.3 is 5.97 Å². The van der Waals surface area contributed by atoms with Gasteiger partial charge in [0.25, 0.3) is 0 Å². The maximum Gasteiger partial charge on any atom is 0.337 e.